The minimum absolute atomic E-state index is 0.311. The van der Waals surface area contributed by atoms with Crippen molar-refractivity contribution < 1.29 is 9.15 Å². The lowest BCUT2D eigenvalue weighted by molar-refractivity contribution is 0.0320. The molecule has 4 rings (SSSR count). The van der Waals surface area contributed by atoms with E-state index in [1.165, 1.54) is 37.8 Å². The first-order valence-electron chi connectivity index (χ1n) is 9.59. The van der Waals surface area contributed by atoms with Crippen molar-refractivity contribution >= 4 is 0 Å². The standard InChI is InChI=1S/C22H29NO2/c1-17-8-9-19-15-23(16-21-7-4-12-25-21)11-10-22(19,14-17)18-5-3-6-20(13-18)24-2/h3-7,12-13,17,19H,8-11,14-16H2,1-2H3. The number of fused-ring (bicyclic) bond motifs is 1. The van der Waals surface area contributed by atoms with Crippen LogP contribution in [0.15, 0.2) is 47.1 Å². The second-order valence-corrected chi connectivity index (χ2v) is 8.04. The molecule has 3 unspecified atom stereocenters. The summed E-state index contributed by atoms with van der Waals surface area (Å²) >= 11 is 0. The molecule has 1 aliphatic carbocycles. The predicted molar refractivity (Wildman–Crippen MR) is 99.8 cm³/mol. The van der Waals surface area contributed by atoms with Gasteiger partial charge in [-0.25, -0.2) is 0 Å². The number of benzene rings is 1. The van der Waals surface area contributed by atoms with Gasteiger partial charge in [-0.15, -0.1) is 0 Å². The van der Waals surface area contributed by atoms with Gasteiger partial charge in [-0.1, -0.05) is 25.5 Å². The Morgan fingerprint density at radius 2 is 2.16 bits per heavy atom. The van der Waals surface area contributed by atoms with Crippen molar-refractivity contribution in [1.82, 2.24) is 4.90 Å². The van der Waals surface area contributed by atoms with Crippen molar-refractivity contribution in [2.45, 2.75) is 44.6 Å². The molecule has 2 fully saturated rings. The third kappa shape index (κ3) is 3.22. The van der Waals surface area contributed by atoms with Crippen molar-refractivity contribution in [2.75, 3.05) is 20.2 Å². The molecule has 0 amide bonds. The summed E-state index contributed by atoms with van der Waals surface area (Å²) in [5, 5.41) is 0. The zero-order valence-electron chi connectivity index (χ0n) is 15.4. The topological polar surface area (TPSA) is 25.6 Å². The van der Waals surface area contributed by atoms with Gasteiger partial charge in [0.05, 0.1) is 19.9 Å². The Hall–Kier alpha value is -1.74. The van der Waals surface area contributed by atoms with Crippen LogP contribution in [0.2, 0.25) is 0 Å². The zero-order chi connectivity index (χ0) is 17.3. The Bertz CT molecular complexity index is 696. The number of methoxy groups -OCH3 is 1. The Balaban J connectivity index is 1.60. The van der Waals surface area contributed by atoms with E-state index in [0.717, 1.165) is 36.4 Å². The first-order valence-corrected chi connectivity index (χ1v) is 9.59. The van der Waals surface area contributed by atoms with Crippen LogP contribution < -0.4 is 4.74 Å². The molecule has 25 heavy (non-hydrogen) atoms. The number of hydrogen-bond acceptors (Lipinski definition) is 3. The van der Waals surface area contributed by atoms with Gasteiger partial charge in [-0.05, 0) is 67.5 Å². The highest BCUT2D eigenvalue weighted by Gasteiger charge is 2.47. The summed E-state index contributed by atoms with van der Waals surface area (Å²) in [7, 11) is 1.77. The Morgan fingerprint density at radius 1 is 1.24 bits per heavy atom. The molecule has 1 aromatic carbocycles. The van der Waals surface area contributed by atoms with E-state index in [9.17, 15) is 0 Å². The van der Waals surface area contributed by atoms with Crippen LogP contribution in [0.3, 0.4) is 0 Å². The zero-order valence-corrected chi connectivity index (χ0v) is 15.4. The number of rotatable bonds is 4. The van der Waals surface area contributed by atoms with E-state index in [1.54, 1.807) is 13.4 Å². The molecule has 0 bridgehead atoms. The second-order valence-electron chi connectivity index (χ2n) is 8.04. The maximum Gasteiger partial charge on any atom is 0.119 e. The molecule has 3 heteroatoms. The van der Waals surface area contributed by atoms with E-state index in [2.05, 4.69) is 42.2 Å². The fraction of sp³-hybridized carbons (Fsp3) is 0.545. The summed E-state index contributed by atoms with van der Waals surface area (Å²) in [6.45, 7) is 5.67. The fourth-order valence-corrected chi connectivity index (χ4v) is 5.18. The minimum Gasteiger partial charge on any atom is -0.497 e. The average Bonchev–Trinajstić information content (AvgIpc) is 3.15. The molecule has 0 radical (unpaired) electrons. The Labute approximate surface area is 151 Å². The van der Waals surface area contributed by atoms with E-state index in [-0.39, 0.29) is 0 Å². The second kappa shape index (κ2) is 6.87. The van der Waals surface area contributed by atoms with E-state index >= 15 is 0 Å². The predicted octanol–water partition coefficient (Wildman–Crippen LogP) is 4.87. The average molecular weight is 339 g/mol. The highest BCUT2D eigenvalue weighted by molar-refractivity contribution is 5.36. The molecule has 1 aromatic heterocycles. The van der Waals surface area contributed by atoms with Crippen molar-refractivity contribution in [1.29, 1.82) is 0 Å². The molecule has 2 aliphatic rings. The quantitative estimate of drug-likeness (QED) is 0.795. The summed E-state index contributed by atoms with van der Waals surface area (Å²) in [6, 6.07) is 12.9. The molecule has 1 saturated heterocycles. The van der Waals surface area contributed by atoms with E-state index < -0.39 is 0 Å². The normalized spacial score (nSPS) is 30.0. The molecular weight excluding hydrogens is 310 g/mol. The van der Waals surface area contributed by atoms with Crippen LogP contribution >= 0.6 is 0 Å². The highest BCUT2D eigenvalue weighted by Crippen LogP contribution is 2.51. The number of hydrogen-bond donors (Lipinski definition) is 0. The van der Waals surface area contributed by atoms with Crippen LogP contribution in [-0.2, 0) is 12.0 Å². The molecule has 2 aromatic rings. The van der Waals surface area contributed by atoms with Crippen LogP contribution in [0, 0.1) is 11.8 Å². The lowest BCUT2D eigenvalue weighted by Crippen LogP contribution is -2.52. The molecule has 1 saturated carbocycles. The van der Waals surface area contributed by atoms with Crippen LogP contribution in [0.25, 0.3) is 0 Å². The van der Waals surface area contributed by atoms with Crippen LogP contribution in [-0.4, -0.2) is 25.1 Å². The maximum absolute atomic E-state index is 5.57. The van der Waals surface area contributed by atoms with Crippen LogP contribution in [0.5, 0.6) is 5.75 Å². The summed E-state index contributed by atoms with van der Waals surface area (Å²) in [6.07, 6.45) is 7.00. The van der Waals surface area contributed by atoms with Gasteiger partial charge in [0, 0.05) is 12.0 Å². The van der Waals surface area contributed by atoms with E-state index in [1.807, 2.05) is 6.07 Å². The minimum atomic E-state index is 0.311. The van der Waals surface area contributed by atoms with Crippen LogP contribution in [0.4, 0.5) is 0 Å². The van der Waals surface area contributed by atoms with Crippen molar-refractivity contribution in [3.8, 4) is 5.75 Å². The Kier molecular flexibility index (Phi) is 4.60. The third-order valence-corrected chi connectivity index (χ3v) is 6.46. The number of likely N-dealkylation sites (tertiary alicyclic amines) is 1. The molecule has 3 atom stereocenters. The maximum atomic E-state index is 5.57. The van der Waals surface area contributed by atoms with Crippen LogP contribution in [0.1, 0.15) is 43.9 Å². The molecule has 2 heterocycles. The number of piperidine rings is 1. The lowest BCUT2D eigenvalue weighted by atomic mass is 9.57. The van der Waals surface area contributed by atoms with Gasteiger partial charge in [0.2, 0.25) is 0 Å². The molecular formula is C22H29NO2. The van der Waals surface area contributed by atoms with Crippen molar-refractivity contribution in [3.05, 3.63) is 54.0 Å². The van der Waals surface area contributed by atoms with E-state index in [0.29, 0.717) is 5.41 Å². The molecule has 3 nitrogen and oxygen atoms in total. The Morgan fingerprint density at radius 3 is 2.96 bits per heavy atom. The lowest BCUT2D eigenvalue weighted by Gasteiger charge is -2.52. The summed E-state index contributed by atoms with van der Waals surface area (Å²) < 4.78 is 11.1. The number of nitrogens with zero attached hydrogens (tertiary/aromatic N) is 1. The largest absolute Gasteiger partial charge is 0.497 e. The van der Waals surface area contributed by atoms with Gasteiger partial charge in [0.1, 0.15) is 11.5 Å². The summed E-state index contributed by atoms with van der Waals surface area (Å²) in [5.41, 5.74) is 1.80. The highest BCUT2D eigenvalue weighted by atomic mass is 16.5. The summed E-state index contributed by atoms with van der Waals surface area (Å²) in [5.74, 6) is 3.60. The third-order valence-electron chi connectivity index (χ3n) is 6.46. The smallest absolute Gasteiger partial charge is 0.119 e. The monoisotopic (exact) mass is 339 g/mol. The van der Waals surface area contributed by atoms with Gasteiger partial charge in [-0.3, -0.25) is 4.90 Å². The summed E-state index contributed by atoms with van der Waals surface area (Å²) in [4.78, 5) is 2.58. The number of furan rings is 1. The first kappa shape index (κ1) is 16.7. The van der Waals surface area contributed by atoms with Gasteiger partial charge >= 0.3 is 0 Å². The van der Waals surface area contributed by atoms with Gasteiger partial charge < -0.3 is 9.15 Å². The fourth-order valence-electron chi connectivity index (χ4n) is 5.18. The van der Waals surface area contributed by atoms with Crippen molar-refractivity contribution in [2.24, 2.45) is 11.8 Å². The number of ether oxygens (including phenoxy) is 1. The molecule has 0 spiro atoms. The first-order chi connectivity index (χ1) is 12.2. The van der Waals surface area contributed by atoms with Gasteiger partial charge in [0.25, 0.3) is 0 Å². The van der Waals surface area contributed by atoms with Gasteiger partial charge in [-0.2, -0.15) is 0 Å². The molecule has 1 aliphatic heterocycles. The van der Waals surface area contributed by atoms with Crippen molar-refractivity contribution in [3.63, 3.8) is 0 Å². The van der Waals surface area contributed by atoms with Gasteiger partial charge in [0.15, 0.2) is 0 Å². The molecule has 134 valence electrons. The SMILES string of the molecule is COc1cccc(C23CCN(Cc4ccco4)CC2CCC(C)C3)c1. The molecule has 0 N–H and O–H groups in total. The van der Waals surface area contributed by atoms with E-state index in [4.69, 9.17) is 9.15 Å².